The molecule has 0 saturated heterocycles. The number of nitrogens with zero attached hydrogens (tertiary/aromatic N) is 2. The Hall–Kier alpha value is -2.83. The third kappa shape index (κ3) is 7.09. The summed E-state index contributed by atoms with van der Waals surface area (Å²) in [6.07, 6.45) is 6.57. The fraction of sp³-hybridized carbons (Fsp3) is 0.267. The molecule has 0 bridgehead atoms. The molecule has 0 aliphatic carbocycles. The molecule has 1 aromatic carbocycles. The Balaban J connectivity index is 0.000000346. The second kappa shape index (κ2) is 9.17. The molecule has 0 aliphatic heterocycles. The monoisotopic (exact) mass is 306 g/mol. The summed E-state index contributed by atoms with van der Waals surface area (Å²) in [6.45, 7) is 3.76. The summed E-state index contributed by atoms with van der Waals surface area (Å²) in [4.78, 5) is 22.2. The number of carbonyl (C=O) groups is 2. The zero-order valence-electron chi connectivity index (χ0n) is 12.2. The molecule has 0 fully saturated rings. The van der Waals surface area contributed by atoms with Gasteiger partial charge in [0.05, 0.1) is 12.9 Å². The number of imidazole rings is 1. The molecule has 0 atom stereocenters. The van der Waals surface area contributed by atoms with Gasteiger partial charge >= 0.3 is 11.9 Å². The number of benzene rings is 1. The van der Waals surface area contributed by atoms with Gasteiger partial charge in [0, 0.05) is 18.9 Å². The molecule has 0 spiro atoms. The van der Waals surface area contributed by atoms with E-state index >= 15 is 0 Å². The van der Waals surface area contributed by atoms with Crippen molar-refractivity contribution >= 4 is 11.9 Å². The van der Waals surface area contributed by atoms with E-state index in [1.165, 1.54) is 5.56 Å². The average Bonchev–Trinajstić information content (AvgIpc) is 2.97. The zero-order chi connectivity index (χ0) is 16.4. The second-order valence-electron chi connectivity index (χ2n) is 4.43. The molecule has 0 amide bonds. The first-order chi connectivity index (χ1) is 10.5. The van der Waals surface area contributed by atoms with Gasteiger partial charge in [-0.1, -0.05) is 12.1 Å². The average molecular weight is 306 g/mol. The second-order valence-corrected chi connectivity index (χ2v) is 4.43. The Morgan fingerprint density at radius 3 is 2.55 bits per heavy atom. The number of rotatable bonds is 5. The highest BCUT2D eigenvalue weighted by Gasteiger charge is 2.04. The third-order valence-electron chi connectivity index (χ3n) is 2.56. The van der Waals surface area contributed by atoms with Crippen LogP contribution in [0.1, 0.15) is 12.0 Å². The highest BCUT2D eigenvalue weighted by Crippen LogP contribution is 2.12. The molecular weight excluding hydrogens is 288 g/mol. The molecule has 7 heteroatoms. The molecular formula is C15H18N2O5. The summed E-state index contributed by atoms with van der Waals surface area (Å²) in [5.74, 6) is -2.70. The van der Waals surface area contributed by atoms with Gasteiger partial charge in [-0.2, -0.15) is 0 Å². The summed E-state index contributed by atoms with van der Waals surface area (Å²) < 4.78 is 7.71. The van der Waals surface area contributed by atoms with E-state index in [1.54, 1.807) is 6.20 Å². The van der Waals surface area contributed by atoms with Crippen LogP contribution in [0.4, 0.5) is 0 Å². The van der Waals surface area contributed by atoms with E-state index in [2.05, 4.69) is 28.6 Å². The van der Waals surface area contributed by atoms with E-state index in [0.29, 0.717) is 0 Å². The summed E-state index contributed by atoms with van der Waals surface area (Å²) in [6, 6.07) is 8.13. The van der Waals surface area contributed by atoms with Crippen molar-refractivity contribution in [3.8, 4) is 5.75 Å². The number of hydrogen-bond donors (Lipinski definition) is 2. The van der Waals surface area contributed by atoms with E-state index < -0.39 is 11.9 Å². The molecule has 0 unspecified atom stereocenters. The van der Waals surface area contributed by atoms with Crippen molar-refractivity contribution in [2.75, 3.05) is 6.61 Å². The number of carboxylic acids is 2. The van der Waals surface area contributed by atoms with E-state index in [1.807, 2.05) is 24.7 Å². The maximum absolute atomic E-state index is 9.10. The standard InChI is InChI=1S/C13H16N2O.C2H2O4/c1-12-4-2-5-13(10-12)16-9-3-7-15-8-6-14-11-15;3-1(4)2(5)6/h2,4-6,8,10-11H,3,7,9H2,1H3;(H,3,4)(H,5,6). The minimum atomic E-state index is -1.82. The Morgan fingerprint density at radius 2 is 2.00 bits per heavy atom. The van der Waals surface area contributed by atoms with Gasteiger partial charge < -0.3 is 19.5 Å². The molecule has 2 rings (SSSR count). The van der Waals surface area contributed by atoms with E-state index in [-0.39, 0.29) is 0 Å². The summed E-state index contributed by atoms with van der Waals surface area (Å²) in [5.41, 5.74) is 1.23. The van der Waals surface area contributed by atoms with Crippen molar-refractivity contribution in [1.82, 2.24) is 9.55 Å². The van der Waals surface area contributed by atoms with Crippen LogP contribution in [-0.2, 0) is 16.1 Å². The van der Waals surface area contributed by atoms with Gasteiger partial charge in [-0.3, -0.25) is 0 Å². The van der Waals surface area contributed by atoms with E-state index in [4.69, 9.17) is 24.5 Å². The molecule has 7 nitrogen and oxygen atoms in total. The summed E-state index contributed by atoms with van der Waals surface area (Å²) >= 11 is 0. The van der Waals surface area contributed by atoms with Crippen LogP contribution in [-0.4, -0.2) is 38.3 Å². The van der Waals surface area contributed by atoms with Crippen molar-refractivity contribution in [2.45, 2.75) is 19.9 Å². The minimum Gasteiger partial charge on any atom is -0.494 e. The highest BCUT2D eigenvalue weighted by molar-refractivity contribution is 6.27. The maximum atomic E-state index is 9.10. The Morgan fingerprint density at radius 1 is 1.27 bits per heavy atom. The van der Waals surface area contributed by atoms with Crippen LogP contribution in [0.15, 0.2) is 43.0 Å². The van der Waals surface area contributed by atoms with Crippen molar-refractivity contribution < 1.29 is 24.5 Å². The largest absolute Gasteiger partial charge is 0.494 e. The molecule has 0 aliphatic rings. The smallest absolute Gasteiger partial charge is 0.414 e. The van der Waals surface area contributed by atoms with E-state index in [0.717, 1.165) is 25.3 Å². The molecule has 2 aromatic rings. The fourth-order valence-corrected chi connectivity index (χ4v) is 1.56. The van der Waals surface area contributed by atoms with E-state index in [9.17, 15) is 0 Å². The van der Waals surface area contributed by atoms with Gasteiger partial charge in [0.1, 0.15) is 5.75 Å². The lowest BCUT2D eigenvalue weighted by atomic mass is 10.2. The number of aliphatic carboxylic acids is 2. The van der Waals surface area contributed by atoms with Crippen molar-refractivity contribution in [2.24, 2.45) is 0 Å². The van der Waals surface area contributed by atoms with Crippen LogP contribution in [0, 0.1) is 6.92 Å². The first-order valence-electron chi connectivity index (χ1n) is 6.60. The number of aryl methyl sites for hydroxylation is 2. The van der Waals surface area contributed by atoms with Crippen LogP contribution < -0.4 is 4.74 Å². The SMILES string of the molecule is Cc1cccc(OCCCn2ccnc2)c1.O=C(O)C(=O)O. The van der Waals surface area contributed by atoms with Crippen molar-refractivity contribution in [1.29, 1.82) is 0 Å². The quantitative estimate of drug-likeness (QED) is 0.645. The van der Waals surface area contributed by atoms with Gasteiger partial charge in [-0.25, -0.2) is 14.6 Å². The molecule has 1 heterocycles. The lowest BCUT2D eigenvalue weighted by molar-refractivity contribution is -0.159. The first kappa shape index (κ1) is 17.2. The Bertz CT molecular complexity index is 584. The molecule has 22 heavy (non-hydrogen) atoms. The van der Waals surface area contributed by atoms with Crippen LogP contribution in [0.2, 0.25) is 0 Å². The Labute approximate surface area is 127 Å². The minimum absolute atomic E-state index is 0.738. The normalized spacial score (nSPS) is 9.50. The lowest BCUT2D eigenvalue weighted by Gasteiger charge is -2.06. The predicted octanol–water partition coefficient (Wildman–Crippen LogP) is 1.82. The van der Waals surface area contributed by atoms with Gasteiger partial charge in [-0.15, -0.1) is 0 Å². The number of ether oxygens (including phenoxy) is 1. The van der Waals surface area contributed by atoms with Gasteiger partial charge in [-0.05, 0) is 31.0 Å². The molecule has 2 N–H and O–H groups in total. The predicted molar refractivity (Wildman–Crippen MR) is 78.8 cm³/mol. The van der Waals surface area contributed by atoms with Crippen molar-refractivity contribution in [3.05, 3.63) is 48.5 Å². The van der Waals surface area contributed by atoms with Crippen LogP contribution in [0.3, 0.4) is 0 Å². The third-order valence-corrected chi connectivity index (χ3v) is 2.56. The van der Waals surface area contributed by atoms with Crippen molar-refractivity contribution in [3.63, 3.8) is 0 Å². The summed E-state index contributed by atoms with van der Waals surface area (Å²) in [5, 5.41) is 14.8. The zero-order valence-corrected chi connectivity index (χ0v) is 12.2. The summed E-state index contributed by atoms with van der Waals surface area (Å²) in [7, 11) is 0. The van der Waals surface area contributed by atoms with Gasteiger partial charge in [0.2, 0.25) is 0 Å². The highest BCUT2D eigenvalue weighted by atomic mass is 16.5. The van der Waals surface area contributed by atoms with Gasteiger partial charge in [0.15, 0.2) is 0 Å². The number of aromatic nitrogens is 2. The topological polar surface area (TPSA) is 102 Å². The molecule has 1 aromatic heterocycles. The van der Waals surface area contributed by atoms with Crippen LogP contribution in [0.5, 0.6) is 5.75 Å². The number of hydrogen-bond acceptors (Lipinski definition) is 4. The van der Waals surface area contributed by atoms with Crippen LogP contribution >= 0.6 is 0 Å². The Kier molecular flexibility index (Phi) is 7.18. The molecule has 0 saturated carbocycles. The van der Waals surface area contributed by atoms with Gasteiger partial charge in [0.25, 0.3) is 0 Å². The molecule has 118 valence electrons. The number of carboxylic acid groups (broad SMARTS) is 2. The van der Waals surface area contributed by atoms with Crippen LogP contribution in [0.25, 0.3) is 0 Å². The maximum Gasteiger partial charge on any atom is 0.414 e. The lowest BCUT2D eigenvalue weighted by Crippen LogP contribution is -2.09. The fourth-order valence-electron chi connectivity index (χ4n) is 1.56. The molecule has 0 radical (unpaired) electrons. The first-order valence-corrected chi connectivity index (χ1v) is 6.60.